The maximum absolute atomic E-state index is 12.6. The van der Waals surface area contributed by atoms with Crippen LogP contribution in [0.15, 0.2) is 0 Å². The van der Waals surface area contributed by atoms with Crippen molar-refractivity contribution >= 4 is 19.3 Å². The van der Waals surface area contributed by atoms with Crippen LogP contribution in [0.2, 0.25) is 11.1 Å². The topological polar surface area (TPSA) is 52.6 Å². The van der Waals surface area contributed by atoms with Gasteiger partial charge in [-0.1, -0.05) is 54.4 Å². The van der Waals surface area contributed by atoms with Crippen LogP contribution in [0.1, 0.15) is 67.2 Å². The summed E-state index contributed by atoms with van der Waals surface area (Å²) in [6, 6.07) is 0. The van der Waals surface area contributed by atoms with Crippen LogP contribution in [0.4, 0.5) is 9.59 Å². The highest BCUT2D eigenvalue weighted by molar-refractivity contribution is 7.24. The van der Waals surface area contributed by atoms with Crippen molar-refractivity contribution in [2.75, 3.05) is 13.2 Å². The Morgan fingerprint density at radius 3 is 1.38 bits per heavy atom. The summed E-state index contributed by atoms with van der Waals surface area (Å²) in [7, 11) is -2.98. The van der Waals surface area contributed by atoms with E-state index >= 15 is 0 Å². The highest BCUT2D eigenvalue weighted by Crippen LogP contribution is 2.36. The van der Waals surface area contributed by atoms with Gasteiger partial charge in [0.1, 0.15) is 0 Å². The Kier molecular flexibility index (Phi) is 9.58. The van der Waals surface area contributed by atoms with Gasteiger partial charge < -0.3 is 9.47 Å². The van der Waals surface area contributed by atoms with Crippen LogP contribution in [-0.4, -0.2) is 32.5 Å². The van der Waals surface area contributed by atoms with Gasteiger partial charge in [0.2, 0.25) is 0 Å². The first-order chi connectivity index (χ1) is 9.85. The molecule has 4 nitrogen and oxygen atoms in total. The summed E-state index contributed by atoms with van der Waals surface area (Å²) in [6.45, 7) is 12.6. The summed E-state index contributed by atoms with van der Waals surface area (Å²) >= 11 is 0. The first kappa shape index (κ1) is 20.2. The molecule has 5 heteroatoms. The average molecular weight is 317 g/mol. The molecule has 0 aliphatic carbocycles. The molecule has 0 amide bonds. The van der Waals surface area contributed by atoms with E-state index in [4.69, 9.17) is 9.47 Å². The average Bonchev–Trinajstić information content (AvgIpc) is 2.39. The van der Waals surface area contributed by atoms with Crippen molar-refractivity contribution in [3.63, 3.8) is 0 Å². The lowest BCUT2D eigenvalue weighted by Gasteiger charge is -2.33. The summed E-state index contributed by atoms with van der Waals surface area (Å²) < 4.78 is 10.8. The normalized spacial score (nSPS) is 11.8. The van der Waals surface area contributed by atoms with Gasteiger partial charge in [0.05, 0.1) is 13.2 Å². The number of carbonyl (C=O) groups excluding carboxylic acids is 2. The molecule has 0 N–H and O–H groups in total. The number of ether oxygens (including phenoxy) is 2. The molecule has 0 bridgehead atoms. The molecule has 0 fully saturated rings. The first-order valence-corrected chi connectivity index (χ1v) is 10.3. The molecule has 0 aliphatic rings. The Labute approximate surface area is 130 Å². The lowest BCUT2D eigenvalue weighted by Crippen LogP contribution is -2.58. The van der Waals surface area contributed by atoms with Crippen molar-refractivity contribution in [2.24, 2.45) is 0 Å². The fraction of sp³-hybridized carbons (Fsp3) is 0.875. The van der Waals surface area contributed by atoms with E-state index in [2.05, 4.69) is 0 Å². The Hall–Kier alpha value is -0.843. The predicted molar refractivity (Wildman–Crippen MR) is 88.5 cm³/mol. The molecule has 0 aromatic heterocycles. The summed E-state index contributed by atoms with van der Waals surface area (Å²) in [5.41, 5.74) is -0.661. The van der Waals surface area contributed by atoms with Gasteiger partial charge >= 0.3 is 8.07 Å². The second kappa shape index (κ2) is 9.98. The van der Waals surface area contributed by atoms with Gasteiger partial charge in [-0.05, 0) is 23.9 Å². The lowest BCUT2D eigenvalue weighted by atomic mass is 10.4. The summed E-state index contributed by atoms with van der Waals surface area (Å²) in [4.78, 5) is 25.3. The second-order valence-electron chi connectivity index (χ2n) is 6.16. The smallest absolute Gasteiger partial charge is 0.316 e. The van der Waals surface area contributed by atoms with Crippen molar-refractivity contribution in [3.05, 3.63) is 0 Å². The van der Waals surface area contributed by atoms with Gasteiger partial charge in [0.25, 0.3) is 11.2 Å². The van der Waals surface area contributed by atoms with Crippen LogP contribution in [0.5, 0.6) is 0 Å². The SMILES string of the molecule is CCCCOC(=O)[Si](C(=O)OCCCC)(C(C)C)C(C)C. The Morgan fingerprint density at radius 1 is 0.810 bits per heavy atom. The maximum Gasteiger partial charge on any atom is 0.316 e. The van der Waals surface area contributed by atoms with Crippen molar-refractivity contribution in [1.82, 2.24) is 0 Å². The minimum Gasteiger partial charge on any atom is -0.470 e. The van der Waals surface area contributed by atoms with E-state index in [0.717, 1.165) is 25.7 Å². The third kappa shape index (κ3) is 5.13. The van der Waals surface area contributed by atoms with Crippen molar-refractivity contribution < 1.29 is 19.1 Å². The number of rotatable bonds is 10. The monoisotopic (exact) mass is 316 g/mol. The fourth-order valence-corrected chi connectivity index (χ4v) is 6.62. The van der Waals surface area contributed by atoms with Crippen molar-refractivity contribution in [1.29, 1.82) is 0 Å². The Bertz CT molecular complexity index is 294. The van der Waals surface area contributed by atoms with Gasteiger partial charge in [-0.3, -0.25) is 9.59 Å². The quantitative estimate of drug-likeness (QED) is 0.406. The molecule has 21 heavy (non-hydrogen) atoms. The fourth-order valence-electron chi connectivity index (χ4n) is 2.55. The van der Waals surface area contributed by atoms with E-state index in [9.17, 15) is 9.59 Å². The molecule has 0 spiro atoms. The van der Waals surface area contributed by atoms with Crippen molar-refractivity contribution in [2.45, 2.75) is 78.3 Å². The van der Waals surface area contributed by atoms with E-state index in [1.165, 1.54) is 0 Å². The highest BCUT2D eigenvalue weighted by Gasteiger charge is 2.58. The molecule has 0 aromatic carbocycles. The summed E-state index contributed by atoms with van der Waals surface area (Å²) in [6.07, 6.45) is 3.59. The molecular formula is C16H32O4Si. The van der Waals surface area contributed by atoms with Crippen LogP contribution in [0, 0.1) is 0 Å². The van der Waals surface area contributed by atoms with Gasteiger partial charge in [0.15, 0.2) is 0 Å². The molecule has 0 saturated carbocycles. The third-order valence-corrected chi connectivity index (χ3v) is 9.24. The van der Waals surface area contributed by atoms with Crippen LogP contribution in [0.25, 0.3) is 0 Å². The Balaban J connectivity index is 5.15. The number of unbranched alkanes of at least 4 members (excludes halogenated alkanes) is 2. The van der Waals surface area contributed by atoms with E-state index in [1.54, 1.807) is 0 Å². The van der Waals surface area contributed by atoms with E-state index < -0.39 is 8.07 Å². The largest absolute Gasteiger partial charge is 0.470 e. The first-order valence-electron chi connectivity index (χ1n) is 8.19. The zero-order valence-corrected chi connectivity index (χ0v) is 15.5. The van der Waals surface area contributed by atoms with Gasteiger partial charge in [-0.15, -0.1) is 0 Å². The van der Waals surface area contributed by atoms with Crippen LogP contribution < -0.4 is 0 Å². The van der Waals surface area contributed by atoms with Gasteiger partial charge in [-0.25, -0.2) is 0 Å². The number of carbonyl (C=O) groups is 2. The summed E-state index contributed by atoms with van der Waals surface area (Å²) in [5.74, 6) is 0. The molecule has 0 unspecified atom stereocenters. The molecule has 0 saturated heterocycles. The molecule has 124 valence electrons. The van der Waals surface area contributed by atoms with E-state index in [0.29, 0.717) is 13.2 Å². The number of hydrogen-bond acceptors (Lipinski definition) is 4. The van der Waals surface area contributed by atoms with Crippen LogP contribution in [-0.2, 0) is 9.47 Å². The van der Waals surface area contributed by atoms with Crippen molar-refractivity contribution in [3.8, 4) is 0 Å². The van der Waals surface area contributed by atoms with Gasteiger partial charge in [0, 0.05) is 0 Å². The van der Waals surface area contributed by atoms with E-state index in [1.807, 2.05) is 41.5 Å². The Morgan fingerprint density at radius 2 is 1.14 bits per heavy atom. The molecule has 0 aliphatic heterocycles. The van der Waals surface area contributed by atoms with Gasteiger partial charge in [-0.2, -0.15) is 0 Å². The molecule has 0 atom stereocenters. The predicted octanol–water partition coefficient (Wildman–Crippen LogP) is 5.29. The third-order valence-electron chi connectivity index (χ3n) is 3.96. The zero-order chi connectivity index (χ0) is 16.5. The molecule has 0 heterocycles. The molecular weight excluding hydrogens is 284 g/mol. The highest BCUT2D eigenvalue weighted by atomic mass is 28.3. The summed E-state index contributed by atoms with van der Waals surface area (Å²) in [5, 5.41) is 0. The minimum atomic E-state index is -2.98. The van der Waals surface area contributed by atoms with Crippen LogP contribution >= 0.6 is 0 Å². The number of hydrogen-bond donors (Lipinski definition) is 0. The second-order valence-corrected chi connectivity index (χ2v) is 11.0. The zero-order valence-electron chi connectivity index (χ0n) is 14.5. The minimum absolute atomic E-state index is 0.0271. The lowest BCUT2D eigenvalue weighted by molar-refractivity contribution is 0.157. The van der Waals surface area contributed by atoms with Crippen LogP contribution in [0.3, 0.4) is 0 Å². The standard InChI is InChI=1S/C16H32O4Si/c1-7-9-11-19-15(17)21(13(3)4,14(5)6)16(18)20-12-10-8-2/h13-14H,7-12H2,1-6H3. The molecule has 0 rings (SSSR count). The maximum atomic E-state index is 12.6. The van der Waals surface area contributed by atoms with E-state index in [-0.39, 0.29) is 22.3 Å². The molecule has 0 aromatic rings. The molecule has 0 radical (unpaired) electrons.